The van der Waals surface area contributed by atoms with Gasteiger partial charge in [-0.15, -0.1) is 0 Å². The Kier molecular flexibility index (Phi) is 4.50. The SMILES string of the molecule is Cc1ccoc1C(=O)OCC(=O)N1c2ccccc2CCc2ccccc21. The third-order valence-corrected chi connectivity index (χ3v) is 4.75. The second-order valence-corrected chi connectivity index (χ2v) is 6.50. The summed E-state index contributed by atoms with van der Waals surface area (Å²) >= 11 is 0. The summed E-state index contributed by atoms with van der Waals surface area (Å²) in [5.74, 6) is -0.809. The quantitative estimate of drug-likeness (QED) is 0.656. The van der Waals surface area contributed by atoms with Gasteiger partial charge in [-0.3, -0.25) is 9.69 Å². The first-order valence-electron chi connectivity index (χ1n) is 8.85. The summed E-state index contributed by atoms with van der Waals surface area (Å²) in [6.07, 6.45) is 3.12. The predicted molar refractivity (Wildman–Crippen MR) is 101 cm³/mol. The number of carbonyl (C=O) groups excluding carboxylic acids is 2. The van der Waals surface area contributed by atoms with E-state index >= 15 is 0 Å². The maximum absolute atomic E-state index is 13.1. The number of rotatable bonds is 3. The molecule has 0 unspecified atom stereocenters. The molecule has 3 aromatic rings. The van der Waals surface area contributed by atoms with Crippen LogP contribution >= 0.6 is 0 Å². The van der Waals surface area contributed by atoms with E-state index in [4.69, 9.17) is 9.15 Å². The molecule has 0 fully saturated rings. The lowest BCUT2D eigenvalue weighted by Crippen LogP contribution is -2.31. The molecule has 1 aromatic heterocycles. The molecule has 0 spiro atoms. The molecule has 5 nitrogen and oxygen atoms in total. The van der Waals surface area contributed by atoms with Gasteiger partial charge in [0.1, 0.15) is 0 Å². The number of para-hydroxylation sites is 2. The van der Waals surface area contributed by atoms with Gasteiger partial charge in [-0.1, -0.05) is 36.4 Å². The third kappa shape index (κ3) is 3.24. The molecule has 5 heteroatoms. The van der Waals surface area contributed by atoms with E-state index in [1.807, 2.05) is 48.5 Å². The molecule has 1 aliphatic rings. The number of amides is 1. The zero-order valence-corrected chi connectivity index (χ0v) is 15.0. The summed E-state index contributed by atoms with van der Waals surface area (Å²) in [5, 5.41) is 0. The number of esters is 1. The molecule has 1 aliphatic heterocycles. The van der Waals surface area contributed by atoms with E-state index in [2.05, 4.69) is 0 Å². The lowest BCUT2D eigenvalue weighted by molar-refractivity contribution is -0.121. The van der Waals surface area contributed by atoms with E-state index in [1.165, 1.54) is 6.26 Å². The van der Waals surface area contributed by atoms with Crippen LogP contribution in [-0.4, -0.2) is 18.5 Å². The minimum Gasteiger partial charge on any atom is -0.457 e. The van der Waals surface area contributed by atoms with Crippen molar-refractivity contribution in [1.29, 1.82) is 0 Å². The number of furan rings is 1. The van der Waals surface area contributed by atoms with Crippen molar-refractivity contribution in [2.45, 2.75) is 19.8 Å². The Labute approximate surface area is 157 Å². The second kappa shape index (κ2) is 7.11. The number of nitrogens with zero attached hydrogens (tertiary/aromatic N) is 1. The number of benzene rings is 2. The zero-order chi connectivity index (χ0) is 18.8. The largest absolute Gasteiger partial charge is 0.457 e. The Hall–Kier alpha value is -3.34. The number of hydrogen-bond acceptors (Lipinski definition) is 4. The fraction of sp³-hybridized carbons (Fsp3) is 0.182. The maximum Gasteiger partial charge on any atom is 0.375 e. The van der Waals surface area contributed by atoms with Crippen LogP contribution < -0.4 is 4.90 Å². The molecule has 0 saturated heterocycles. The first kappa shape index (κ1) is 17.1. The van der Waals surface area contributed by atoms with Crippen molar-refractivity contribution < 1.29 is 18.7 Å². The number of aryl methyl sites for hydroxylation is 3. The molecular formula is C22H19NO4. The van der Waals surface area contributed by atoms with Crippen LogP contribution in [0.1, 0.15) is 27.2 Å². The highest BCUT2D eigenvalue weighted by atomic mass is 16.5. The zero-order valence-electron chi connectivity index (χ0n) is 15.0. The molecule has 0 atom stereocenters. The molecule has 2 heterocycles. The molecule has 4 rings (SSSR count). The van der Waals surface area contributed by atoms with Crippen LogP contribution in [0, 0.1) is 6.92 Å². The number of ether oxygens (including phenoxy) is 1. The van der Waals surface area contributed by atoms with E-state index in [0.29, 0.717) is 5.56 Å². The molecule has 0 saturated carbocycles. The highest BCUT2D eigenvalue weighted by molar-refractivity contribution is 6.04. The lowest BCUT2D eigenvalue weighted by Gasteiger charge is -2.24. The molecule has 0 radical (unpaired) electrons. The van der Waals surface area contributed by atoms with Gasteiger partial charge in [0.05, 0.1) is 17.6 Å². The third-order valence-electron chi connectivity index (χ3n) is 4.75. The van der Waals surface area contributed by atoms with Crippen LogP contribution in [0.2, 0.25) is 0 Å². The molecule has 0 bridgehead atoms. The van der Waals surface area contributed by atoms with Gasteiger partial charge in [0, 0.05) is 5.56 Å². The topological polar surface area (TPSA) is 59.8 Å². The Morgan fingerprint density at radius 2 is 1.56 bits per heavy atom. The smallest absolute Gasteiger partial charge is 0.375 e. The summed E-state index contributed by atoms with van der Waals surface area (Å²) in [7, 11) is 0. The van der Waals surface area contributed by atoms with Gasteiger partial charge in [0.2, 0.25) is 5.76 Å². The summed E-state index contributed by atoms with van der Waals surface area (Å²) < 4.78 is 10.4. The van der Waals surface area contributed by atoms with Crippen molar-refractivity contribution in [2.24, 2.45) is 0 Å². The first-order valence-corrected chi connectivity index (χ1v) is 8.85. The van der Waals surface area contributed by atoms with Gasteiger partial charge < -0.3 is 9.15 Å². The van der Waals surface area contributed by atoms with Crippen molar-refractivity contribution in [2.75, 3.05) is 11.5 Å². The number of anilines is 2. The summed E-state index contributed by atoms with van der Waals surface area (Å²) in [6, 6.07) is 17.3. The fourth-order valence-corrected chi connectivity index (χ4v) is 3.39. The lowest BCUT2D eigenvalue weighted by atomic mass is 10.0. The van der Waals surface area contributed by atoms with Gasteiger partial charge in [0.15, 0.2) is 6.61 Å². The van der Waals surface area contributed by atoms with Crippen molar-refractivity contribution in [1.82, 2.24) is 0 Å². The molecule has 136 valence electrons. The van der Waals surface area contributed by atoms with Crippen molar-refractivity contribution in [3.63, 3.8) is 0 Å². The molecular weight excluding hydrogens is 342 g/mol. The first-order chi connectivity index (χ1) is 13.1. The molecule has 0 N–H and O–H groups in total. The Balaban J connectivity index is 1.63. The highest BCUT2D eigenvalue weighted by Gasteiger charge is 2.27. The fourth-order valence-electron chi connectivity index (χ4n) is 3.39. The second-order valence-electron chi connectivity index (χ2n) is 6.50. The normalized spacial score (nSPS) is 12.7. The van der Waals surface area contributed by atoms with Gasteiger partial charge in [-0.2, -0.15) is 0 Å². The van der Waals surface area contributed by atoms with Gasteiger partial charge in [0.25, 0.3) is 5.91 Å². The van der Waals surface area contributed by atoms with Crippen molar-refractivity contribution >= 4 is 23.3 Å². The summed E-state index contributed by atoms with van der Waals surface area (Å²) in [6.45, 7) is 1.39. The van der Waals surface area contributed by atoms with Crippen LogP contribution in [0.3, 0.4) is 0 Å². The van der Waals surface area contributed by atoms with Crippen molar-refractivity contribution in [3.05, 3.63) is 83.3 Å². The number of hydrogen-bond donors (Lipinski definition) is 0. The minimum absolute atomic E-state index is 0.125. The van der Waals surface area contributed by atoms with Gasteiger partial charge in [-0.25, -0.2) is 4.79 Å². The summed E-state index contributed by atoms with van der Waals surface area (Å²) in [4.78, 5) is 26.9. The van der Waals surface area contributed by atoms with Crippen LogP contribution in [0.5, 0.6) is 0 Å². The molecule has 1 amide bonds. The monoisotopic (exact) mass is 361 g/mol. The van der Waals surface area contributed by atoms with Gasteiger partial charge in [-0.05, 0) is 49.1 Å². The Morgan fingerprint density at radius 1 is 0.963 bits per heavy atom. The molecule has 27 heavy (non-hydrogen) atoms. The van der Waals surface area contributed by atoms with E-state index < -0.39 is 5.97 Å². The Bertz CT molecular complexity index is 957. The number of fused-ring (bicyclic) bond motifs is 2. The van der Waals surface area contributed by atoms with E-state index in [-0.39, 0.29) is 18.3 Å². The average Bonchev–Trinajstić information content (AvgIpc) is 3.04. The predicted octanol–water partition coefficient (Wildman–Crippen LogP) is 4.21. The van der Waals surface area contributed by atoms with E-state index in [0.717, 1.165) is 35.3 Å². The van der Waals surface area contributed by atoms with Gasteiger partial charge >= 0.3 is 5.97 Å². The van der Waals surface area contributed by atoms with Crippen LogP contribution in [0.4, 0.5) is 11.4 Å². The van der Waals surface area contributed by atoms with Crippen LogP contribution in [0.25, 0.3) is 0 Å². The van der Waals surface area contributed by atoms with Crippen LogP contribution in [-0.2, 0) is 22.4 Å². The Morgan fingerprint density at radius 3 is 2.11 bits per heavy atom. The number of carbonyl (C=O) groups is 2. The summed E-state index contributed by atoms with van der Waals surface area (Å²) in [5.41, 5.74) is 4.53. The average molecular weight is 361 g/mol. The van der Waals surface area contributed by atoms with Crippen LogP contribution in [0.15, 0.2) is 65.3 Å². The van der Waals surface area contributed by atoms with E-state index in [1.54, 1.807) is 17.9 Å². The van der Waals surface area contributed by atoms with Crippen molar-refractivity contribution in [3.8, 4) is 0 Å². The van der Waals surface area contributed by atoms with E-state index in [9.17, 15) is 9.59 Å². The molecule has 2 aromatic carbocycles. The standard InChI is InChI=1S/C22H19NO4/c1-15-12-13-26-21(15)22(25)27-14-20(24)23-18-8-4-2-6-16(18)10-11-17-7-3-5-9-19(17)23/h2-9,12-13H,10-11,14H2,1H3. The maximum atomic E-state index is 13.1. The molecule has 0 aliphatic carbocycles. The minimum atomic E-state index is -0.637. The highest BCUT2D eigenvalue weighted by Crippen LogP contribution is 2.36.